The molecular weight excluding hydrogens is 442 g/mol. The van der Waals surface area contributed by atoms with E-state index in [0.29, 0.717) is 30.7 Å². The predicted octanol–water partition coefficient (Wildman–Crippen LogP) is 2.83. The third kappa shape index (κ3) is 4.57. The number of H-pyrrole nitrogens is 1. The summed E-state index contributed by atoms with van der Waals surface area (Å²) < 4.78 is 33.0. The van der Waals surface area contributed by atoms with E-state index in [1.54, 1.807) is 4.90 Å². The molecule has 0 unspecified atom stereocenters. The van der Waals surface area contributed by atoms with Crippen molar-refractivity contribution in [1.82, 2.24) is 9.29 Å². The van der Waals surface area contributed by atoms with Crippen molar-refractivity contribution in [3.63, 3.8) is 0 Å². The van der Waals surface area contributed by atoms with E-state index in [-0.39, 0.29) is 29.5 Å². The Labute approximate surface area is 192 Å². The summed E-state index contributed by atoms with van der Waals surface area (Å²) in [7, 11) is -3.76. The van der Waals surface area contributed by atoms with Crippen molar-refractivity contribution in [3.05, 3.63) is 69.5 Å². The van der Waals surface area contributed by atoms with E-state index >= 15 is 0 Å². The lowest BCUT2D eigenvalue weighted by Gasteiger charge is -2.26. The molecule has 1 saturated heterocycles. The van der Waals surface area contributed by atoms with Crippen LogP contribution < -0.4 is 10.5 Å². The van der Waals surface area contributed by atoms with Gasteiger partial charge >= 0.3 is 0 Å². The summed E-state index contributed by atoms with van der Waals surface area (Å²) in [6, 6.07) is 11.6. The van der Waals surface area contributed by atoms with Crippen LogP contribution in [0.3, 0.4) is 0 Å². The van der Waals surface area contributed by atoms with Gasteiger partial charge in [-0.15, -0.1) is 0 Å². The third-order valence-electron chi connectivity index (χ3n) is 5.73. The fourth-order valence-electron chi connectivity index (χ4n) is 4.20. The average Bonchev–Trinajstić information content (AvgIpc) is 2.78. The molecule has 1 amide bonds. The molecule has 2 aromatic carbocycles. The number of hydrogen-bond acceptors (Lipinski definition) is 5. The number of rotatable bonds is 5. The largest absolute Gasteiger partial charge is 0.379 e. The number of pyridine rings is 1. The van der Waals surface area contributed by atoms with Gasteiger partial charge in [0.15, 0.2) is 0 Å². The van der Waals surface area contributed by atoms with Gasteiger partial charge in [-0.2, -0.15) is 4.31 Å². The number of fused-ring (bicyclic) bond motifs is 1. The summed E-state index contributed by atoms with van der Waals surface area (Å²) in [4.78, 5) is 30.3. The van der Waals surface area contributed by atoms with E-state index in [0.717, 1.165) is 16.8 Å². The number of sulfonamides is 1. The minimum absolute atomic E-state index is 0.0763. The SMILES string of the molecule is CCN(C(=O)c1cc(=O)[nH]c2ccc(S(=O)(=O)N3CCOCC3)cc12)c1cc(C)cc(C)c1. The van der Waals surface area contributed by atoms with Crippen LogP contribution in [0.25, 0.3) is 10.9 Å². The van der Waals surface area contributed by atoms with E-state index in [9.17, 15) is 18.0 Å². The zero-order valence-electron chi connectivity index (χ0n) is 18.9. The number of aryl methyl sites for hydroxylation is 2. The van der Waals surface area contributed by atoms with Crippen LogP contribution in [0, 0.1) is 13.8 Å². The summed E-state index contributed by atoms with van der Waals surface area (Å²) in [6.45, 7) is 7.39. The maximum atomic E-state index is 13.6. The van der Waals surface area contributed by atoms with E-state index < -0.39 is 15.6 Å². The molecule has 0 aliphatic carbocycles. The highest BCUT2D eigenvalue weighted by Gasteiger charge is 2.27. The minimum Gasteiger partial charge on any atom is -0.379 e. The van der Waals surface area contributed by atoms with Crippen LogP contribution in [0.1, 0.15) is 28.4 Å². The normalized spacial score (nSPS) is 15.0. The number of carbonyl (C=O) groups is 1. The monoisotopic (exact) mass is 469 g/mol. The first kappa shape index (κ1) is 23.2. The molecule has 1 fully saturated rings. The number of amides is 1. The predicted molar refractivity (Wildman–Crippen MR) is 127 cm³/mol. The fourth-order valence-corrected chi connectivity index (χ4v) is 5.64. The number of aromatic nitrogens is 1. The number of benzene rings is 2. The van der Waals surface area contributed by atoms with Crippen LogP contribution in [0.5, 0.6) is 0 Å². The van der Waals surface area contributed by atoms with Gasteiger partial charge in [-0.05, 0) is 62.2 Å². The maximum Gasteiger partial charge on any atom is 0.259 e. The number of nitrogens with zero attached hydrogens (tertiary/aromatic N) is 2. The molecule has 1 N–H and O–H groups in total. The van der Waals surface area contributed by atoms with Gasteiger partial charge in [0.1, 0.15) is 0 Å². The highest BCUT2D eigenvalue weighted by atomic mass is 32.2. The van der Waals surface area contributed by atoms with Crippen molar-refractivity contribution in [2.24, 2.45) is 0 Å². The second-order valence-corrected chi connectivity index (χ2v) is 10.1. The first-order valence-corrected chi connectivity index (χ1v) is 12.3. The Morgan fingerprint density at radius 2 is 1.73 bits per heavy atom. The fraction of sp³-hybridized carbons (Fsp3) is 0.333. The van der Waals surface area contributed by atoms with Crippen LogP contribution in [0.2, 0.25) is 0 Å². The zero-order valence-corrected chi connectivity index (χ0v) is 19.7. The van der Waals surface area contributed by atoms with Gasteiger partial charge < -0.3 is 14.6 Å². The van der Waals surface area contributed by atoms with Crippen LogP contribution >= 0.6 is 0 Å². The Kier molecular flexibility index (Phi) is 6.38. The second kappa shape index (κ2) is 9.09. The summed E-state index contributed by atoms with van der Waals surface area (Å²) in [6.07, 6.45) is 0. The van der Waals surface area contributed by atoms with Crippen LogP contribution in [0.4, 0.5) is 5.69 Å². The Bertz CT molecular complexity index is 1350. The highest BCUT2D eigenvalue weighted by molar-refractivity contribution is 7.89. The van der Waals surface area contributed by atoms with Gasteiger partial charge in [-0.25, -0.2) is 8.42 Å². The van der Waals surface area contributed by atoms with Gasteiger partial charge in [0.05, 0.1) is 23.7 Å². The van der Waals surface area contributed by atoms with Gasteiger partial charge in [0.2, 0.25) is 15.6 Å². The average molecular weight is 470 g/mol. The van der Waals surface area contributed by atoms with Crippen molar-refractivity contribution in [2.45, 2.75) is 25.7 Å². The summed E-state index contributed by atoms with van der Waals surface area (Å²) in [5, 5.41) is 0.386. The first-order valence-electron chi connectivity index (χ1n) is 10.9. The molecule has 0 atom stereocenters. The molecule has 33 heavy (non-hydrogen) atoms. The molecule has 4 rings (SSSR count). The van der Waals surface area contributed by atoms with E-state index in [2.05, 4.69) is 4.98 Å². The molecule has 9 heteroatoms. The Morgan fingerprint density at radius 1 is 1.06 bits per heavy atom. The van der Waals surface area contributed by atoms with Gasteiger partial charge in [0.25, 0.3) is 5.91 Å². The van der Waals surface area contributed by atoms with Crippen LogP contribution in [0.15, 0.2) is 52.2 Å². The van der Waals surface area contributed by atoms with Crippen molar-refractivity contribution in [1.29, 1.82) is 0 Å². The number of carbonyl (C=O) groups excluding carboxylic acids is 1. The quantitative estimate of drug-likeness (QED) is 0.619. The number of nitrogens with one attached hydrogen (secondary N) is 1. The molecule has 0 bridgehead atoms. The van der Waals surface area contributed by atoms with Crippen LogP contribution in [-0.4, -0.2) is 56.5 Å². The Balaban J connectivity index is 1.83. The van der Waals surface area contributed by atoms with Crippen molar-refractivity contribution in [2.75, 3.05) is 37.7 Å². The molecular formula is C24H27N3O5S. The molecule has 0 spiro atoms. The molecule has 174 valence electrons. The Hall–Kier alpha value is -3.01. The van der Waals surface area contributed by atoms with Crippen molar-refractivity contribution >= 4 is 32.5 Å². The molecule has 0 saturated carbocycles. The third-order valence-corrected chi connectivity index (χ3v) is 7.63. The molecule has 1 aromatic heterocycles. The smallest absolute Gasteiger partial charge is 0.259 e. The molecule has 1 aliphatic heterocycles. The standard InChI is InChI=1S/C24H27N3O5S/c1-4-27(18-12-16(2)11-17(3)13-18)24(29)21-15-23(28)25-22-6-5-19(14-20(21)22)33(30,31)26-7-9-32-10-8-26/h5-6,11-15H,4,7-10H2,1-3H3,(H,25,28). The summed E-state index contributed by atoms with van der Waals surface area (Å²) in [5.74, 6) is -0.362. The molecule has 1 aliphatic rings. The van der Waals surface area contributed by atoms with E-state index in [1.165, 1.54) is 28.6 Å². The van der Waals surface area contributed by atoms with Gasteiger partial charge in [-0.1, -0.05) is 6.07 Å². The number of hydrogen-bond donors (Lipinski definition) is 1. The lowest BCUT2D eigenvalue weighted by Crippen LogP contribution is -2.40. The van der Waals surface area contributed by atoms with Crippen molar-refractivity contribution in [3.8, 4) is 0 Å². The second-order valence-electron chi connectivity index (χ2n) is 8.17. The number of ether oxygens (including phenoxy) is 1. The topological polar surface area (TPSA) is 99.8 Å². The number of anilines is 1. The highest BCUT2D eigenvalue weighted by Crippen LogP contribution is 2.26. The molecule has 2 heterocycles. The number of morpholine rings is 1. The maximum absolute atomic E-state index is 13.6. The van der Waals surface area contributed by atoms with E-state index in [4.69, 9.17) is 4.74 Å². The lowest BCUT2D eigenvalue weighted by atomic mass is 10.1. The summed E-state index contributed by atoms with van der Waals surface area (Å²) >= 11 is 0. The van der Waals surface area contributed by atoms with Gasteiger partial charge in [0, 0.05) is 42.3 Å². The lowest BCUT2D eigenvalue weighted by molar-refractivity contribution is 0.0730. The minimum atomic E-state index is -3.76. The van der Waals surface area contributed by atoms with E-state index in [1.807, 2.05) is 39.0 Å². The molecule has 8 nitrogen and oxygen atoms in total. The summed E-state index contributed by atoms with van der Waals surface area (Å²) in [5.41, 5.74) is 2.91. The molecule has 0 radical (unpaired) electrons. The first-order chi connectivity index (χ1) is 15.7. The Morgan fingerprint density at radius 3 is 2.36 bits per heavy atom. The van der Waals surface area contributed by atoms with Gasteiger partial charge in [-0.3, -0.25) is 9.59 Å². The van der Waals surface area contributed by atoms with Crippen molar-refractivity contribution < 1.29 is 17.9 Å². The molecule has 3 aromatic rings. The van der Waals surface area contributed by atoms with Crippen LogP contribution in [-0.2, 0) is 14.8 Å². The zero-order chi connectivity index (χ0) is 23.8. The number of aromatic amines is 1.